The second-order valence-corrected chi connectivity index (χ2v) is 4.74. The molecule has 0 saturated carbocycles. The Morgan fingerprint density at radius 2 is 2.00 bits per heavy atom. The number of pyridine rings is 1. The Balaban J connectivity index is 2.25. The zero-order chi connectivity index (χ0) is 12.5. The molecule has 0 aliphatic heterocycles. The van der Waals surface area contributed by atoms with Crippen LogP contribution in [-0.2, 0) is 0 Å². The second kappa shape index (κ2) is 4.46. The van der Waals surface area contributed by atoms with Crippen LogP contribution in [0.25, 0.3) is 16.9 Å². The van der Waals surface area contributed by atoms with Crippen molar-refractivity contribution < 1.29 is 4.74 Å². The van der Waals surface area contributed by atoms with Gasteiger partial charge in [-0.1, -0.05) is 18.2 Å². The number of imidazole rings is 1. The average molecular weight is 303 g/mol. The number of benzene rings is 1. The maximum absolute atomic E-state index is 5.25. The molecule has 18 heavy (non-hydrogen) atoms. The zero-order valence-electron chi connectivity index (χ0n) is 9.80. The highest BCUT2D eigenvalue weighted by Gasteiger charge is 2.09. The molecule has 0 bridgehead atoms. The topological polar surface area (TPSA) is 26.5 Å². The van der Waals surface area contributed by atoms with Gasteiger partial charge in [-0.2, -0.15) is 0 Å². The van der Waals surface area contributed by atoms with Crippen LogP contribution in [0.4, 0.5) is 0 Å². The van der Waals surface area contributed by atoms with Gasteiger partial charge in [0.1, 0.15) is 11.6 Å². The molecule has 0 amide bonds. The lowest BCUT2D eigenvalue weighted by atomic mass is 10.2. The van der Waals surface area contributed by atoms with Gasteiger partial charge in [0.2, 0.25) is 0 Å². The Bertz CT molecular complexity index is 706. The third-order valence-corrected chi connectivity index (χ3v) is 3.45. The number of fused-ring (bicyclic) bond motifs is 1. The third kappa shape index (κ3) is 1.78. The molecule has 0 fully saturated rings. The van der Waals surface area contributed by atoms with Gasteiger partial charge in [0.05, 0.1) is 23.4 Å². The van der Waals surface area contributed by atoms with Crippen LogP contribution in [0.5, 0.6) is 5.75 Å². The molecule has 0 N–H and O–H groups in total. The van der Waals surface area contributed by atoms with Crippen molar-refractivity contribution in [2.75, 3.05) is 7.11 Å². The van der Waals surface area contributed by atoms with Crippen LogP contribution in [0.2, 0.25) is 0 Å². The largest absolute Gasteiger partial charge is 0.497 e. The number of ether oxygens (including phenoxy) is 1. The van der Waals surface area contributed by atoms with Crippen LogP contribution >= 0.6 is 15.9 Å². The summed E-state index contributed by atoms with van der Waals surface area (Å²) in [6.45, 7) is 0. The number of aromatic nitrogens is 2. The van der Waals surface area contributed by atoms with Crippen LogP contribution in [0, 0.1) is 0 Å². The molecule has 3 nitrogen and oxygen atoms in total. The fourth-order valence-electron chi connectivity index (χ4n) is 1.97. The molecule has 90 valence electrons. The summed E-state index contributed by atoms with van der Waals surface area (Å²) in [7, 11) is 1.67. The molecular formula is C14H11BrN2O. The Hall–Kier alpha value is -1.81. The minimum Gasteiger partial charge on any atom is -0.497 e. The number of hydrogen-bond acceptors (Lipinski definition) is 2. The highest BCUT2D eigenvalue weighted by molar-refractivity contribution is 9.10. The summed E-state index contributed by atoms with van der Waals surface area (Å²) in [5.41, 5.74) is 2.09. The van der Waals surface area contributed by atoms with Crippen molar-refractivity contribution in [2.45, 2.75) is 0 Å². The lowest BCUT2D eigenvalue weighted by molar-refractivity contribution is 0.415. The Kier molecular flexibility index (Phi) is 2.80. The number of hydrogen-bond donors (Lipinski definition) is 0. The molecule has 2 heterocycles. The van der Waals surface area contributed by atoms with Gasteiger partial charge in [0, 0.05) is 5.56 Å². The zero-order valence-corrected chi connectivity index (χ0v) is 11.4. The van der Waals surface area contributed by atoms with Gasteiger partial charge in [-0.3, -0.25) is 4.40 Å². The number of halogens is 1. The third-order valence-electron chi connectivity index (χ3n) is 2.83. The lowest BCUT2D eigenvalue weighted by Gasteiger charge is -2.05. The van der Waals surface area contributed by atoms with E-state index in [0.29, 0.717) is 0 Å². The fraction of sp³-hybridized carbons (Fsp3) is 0.0714. The lowest BCUT2D eigenvalue weighted by Crippen LogP contribution is -1.92. The maximum Gasteiger partial charge on any atom is 0.145 e. The molecule has 3 aromatic rings. The monoisotopic (exact) mass is 302 g/mol. The summed E-state index contributed by atoms with van der Waals surface area (Å²) >= 11 is 3.55. The minimum absolute atomic E-state index is 0.830. The summed E-state index contributed by atoms with van der Waals surface area (Å²) in [6, 6.07) is 13.9. The fourth-order valence-corrected chi connectivity index (χ4v) is 2.50. The molecule has 0 atom stereocenters. The van der Waals surface area contributed by atoms with E-state index in [9.17, 15) is 0 Å². The van der Waals surface area contributed by atoms with Crippen molar-refractivity contribution in [1.82, 2.24) is 9.38 Å². The van der Waals surface area contributed by atoms with Crippen molar-refractivity contribution in [3.8, 4) is 17.1 Å². The Labute approximate surface area is 113 Å². The van der Waals surface area contributed by atoms with Gasteiger partial charge >= 0.3 is 0 Å². The summed E-state index contributed by atoms with van der Waals surface area (Å²) in [6.07, 6.45) is 1.86. The van der Waals surface area contributed by atoms with E-state index in [1.54, 1.807) is 7.11 Å². The Morgan fingerprint density at radius 3 is 2.83 bits per heavy atom. The molecule has 0 unspecified atom stereocenters. The first kappa shape index (κ1) is 11.3. The quantitative estimate of drug-likeness (QED) is 0.674. The van der Waals surface area contributed by atoms with E-state index in [2.05, 4.69) is 25.3 Å². The molecule has 0 aliphatic rings. The maximum atomic E-state index is 5.25. The van der Waals surface area contributed by atoms with Gasteiger partial charge in [0.25, 0.3) is 0 Å². The first-order chi connectivity index (χ1) is 8.79. The van der Waals surface area contributed by atoms with E-state index < -0.39 is 0 Å². The van der Waals surface area contributed by atoms with Gasteiger partial charge in [-0.25, -0.2) is 4.98 Å². The summed E-state index contributed by atoms with van der Waals surface area (Å²) in [5, 5.41) is 0. The van der Waals surface area contributed by atoms with Crippen LogP contribution in [0.15, 0.2) is 53.3 Å². The molecule has 0 saturated heterocycles. The highest BCUT2D eigenvalue weighted by Crippen LogP contribution is 2.26. The second-order valence-electron chi connectivity index (χ2n) is 3.92. The highest BCUT2D eigenvalue weighted by atomic mass is 79.9. The summed E-state index contributed by atoms with van der Waals surface area (Å²) in [5.74, 6) is 1.73. The van der Waals surface area contributed by atoms with Gasteiger partial charge in [0.15, 0.2) is 0 Å². The van der Waals surface area contributed by atoms with Crippen molar-refractivity contribution in [2.24, 2.45) is 0 Å². The normalized spacial score (nSPS) is 10.8. The molecule has 2 aromatic heterocycles. The van der Waals surface area contributed by atoms with Crippen LogP contribution < -0.4 is 4.74 Å². The van der Waals surface area contributed by atoms with Crippen LogP contribution in [0.1, 0.15) is 0 Å². The minimum atomic E-state index is 0.830. The van der Waals surface area contributed by atoms with Crippen molar-refractivity contribution in [3.05, 3.63) is 53.3 Å². The van der Waals surface area contributed by atoms with Crippen molar-refractivity contribution in [3.63, 3.8) is 0 Å². The first-order valence-corrected chi connectivity index (χ1v) is 6.35. The van der Waals surface area contributed by atoms with E-state index in [-0.39, 0.29) is 0 Å². The predicted molar refractivity (Wildman–Crippen MR) is 74.9 cm³/mol. The number of rotatable bonds is 2. The SMILES string of the molecule is COc1cccc(-c2ncc3cccc(Br)n23)c1. The molecule has 0 aliphatic carbocycles. The molecule has 0 spiro atoms. The van der Waals surface area contributed by atoms with Crippen molar-refractivity contribution >= 4 is 21.4 Å². The Morgan fingerprint density at radius 1 is 1.17 bits per heavy atom. The standard InChI is InChI=1S/C14H11BrN2O/c1-18-12-6-2-4-10(8-12)14-16-9-11-5-3-7-13(15)17(11)14/h2-9H,1H3. The smallest absolute Gasteiger partial charge is 0.145 e. The predicted octanol–water partition coefficient (Wildman–Crippen LogP) is 3.77. The van der Waals surface area contributed by atoms with Gasteiger partial charge in [-0.05, 0) is 40.2 Å². The van der Waals surface area contributed by atoms with Crippen LogP contribution in [-0.4, -0.2) is 16.5 Å². The van der Waals surface area contributed by atoms with Gasteiger partial charge in [-0.15, -0.1) is 0 Å². The van der Waals surface area contributed by atoms with E-state index in [4.69, 9.17) is 4.74 Å². The molecular weight excluding hydrogens is 292 g/mol. The molecule has 3 rings (SSSR count). The van der Waals surface area contributed by atoms with Gasteiger partial charge < -0.3 is 4.74 Å². The van der Waals surface area contributed by atoms with E-state index in [1.807, 2.05) is 48.7 Å². The van der Waals surface area contributed by atoms with Crippen LogP contribution in [0.3, 0.4) is 0 Å². The van der Waals surface area contributed by atoms with E-state index in [1.165, 1.54) is 0 Å². The van der Waals surface area contributed by atoms with E-state index in [0.717, 1.165) is 27.3 Å². The molecule has 4 heteroatoms. The average Bonchev–Trinajstić information content (AvgIpc) is 2.84. The number of methoxy groups -OCH3 is 1. The first-order valence-electron chi connectivity index (χ1n) is 5.56. The molecule has 1 aromatic carbocycles. The summed E-state index contributed by atoms with van der Waals surface area (Å²) in [4.78, 5) is 4.48. The number of nitrogens with zero attached hydrogens (tertiary/aromatic N) is 2. The van der Waals surface area contributed by atoms with E-state index >= 15 is 0 Å². The van der Waals surface area contributed by atoms with Crippen molar-refractivity contribution in [1.29, 1.82) is 0 Å². The summed E-state index contributed by atoms with van der Waals surface area (Å²) < 4.78 is 8.29. The molecule has 0 radical (unpaired) electrons.